The fraction of sp³-hybridized carbons (Fsp3) is 0.556. The molecule has 0 atom stereocenters. The van der Waals surface area contributed by atoms with Crippen LogP contribution in [0.3, 0.4) is 0 Å². The van der Waals surface area contributed by atoms with Gasteiger partial charge in [0.15, 0.2) is 6.33 Å². The Bertz CT molecular complexity index is 430. The molecule has 0 unspecified atom stereocenters. The highest BCUT2D eigenvalue weighted by atomic mass is 16.6. The Kier molecular flexibility index (Phi) is 2.97. The predicted molar refractivity (Wildman–Crippen MR) is 55.3 cm³/mol. The van der Waals surface area contributed by atoms with Gasteiger partial charge in [-0.25, -0.2) is 4.98 Å². The average Bonchev–Trinajstić information content (AvgIpc) is 2.43. The number of aryl methyl sites for hydroxylation is 1. The van der Waals surface area contributed by atoms with E-state index in [1.165, 1.54) is 6.92 Å². The van der Waals surface area contributed by atoms with Crippen molar-refractivity contribution in [2.24, 2.45) is 0 Å². The van der Waals surface area contributed by atoms with E-state index < -0.39 is 16.6 Å². The summed E-state index contributed by atoms with van der Waals surface area (Å²) in [5.41, 5.74) is -0.529. The van der Waals surface area contributed by atoms with Gasteiger partial charge in [-0.2, -0.15) is 4.79 Å². The molecule has 0 spiro atoms. The first kappa shape index (κ1) is 12.2. The molecule has 0 fully saturated rings. The van der Waals surface area contributed by atoms with Crippen molar-refractivity contribution >= 4 is 11.9 Å². The minimum absolute atomic E-state index is 0.177. The third kappa shape index (κ3) is 2.56. The number of hydrogen-bond acceptors (Lipinski definition) is 5. The van der Waals surface area contributed by atoms with E-state index in [2.05, 4.69) is 4.98 Å². The van der Waals surface area contributed by atoms with Gasteiger partial charge in [0.1, 0.15) is 11.3 Å². The highest BCUT2D eigenvalue weighted by Crippen LogP contribution is 2.18. The molecule has 0 N–H and O–H groups in total. The molecular weight excluding hydrogens is 214 g/mol. The van der Waals surface area contributed by atoms with Crippen molar-refractivity contribution in [1.82, 2.24) is 9.55 Å². The summed E-state index contributed by atoms with van der Waals surface area (Å²) in [6, 6.07) is 0. The molecule has 1 aromatic rings. The van der Waals surface area contributed by atoms with Gasteiger partial charge in [-0.1, -0.05) is 0 Å². The van der Waals surface area contributed by atoms with E-state index >= 15 is 0 Å². The summed E-state index contributed by atoms with van der Waals surface area (Å²) < 4.78 is 5.80. The molecule has 16 heavy (non-hydrogen) atoms. The molecule has 0 saturated carbocycles. The van der Waals surface area contributed by atoms with Gasteiger partial charge in [-0.05, 0) is 32.6 Å². The molecule has 0 aliphatic rings. The maximum Gasteiger partial charge on any atom is 0.513 e. The highest BCUT2D eigenvalue weighted by molar-refractivity contribution is 5.74. The van der Waals surface area contributed by atoms with Crippen LogP contribution in [0, 0.1) is 17.0 Å². The number of carbonyl (C=O) groups is 1. The molecule has 1 aromatic heterocycles. The maximum atomic E-state index is 11.6. The minimum Gasteiger partial charge on any atom is -0.425 e. The molecule has 1 heterocycles. The number of rotatable bonds is 1. The van der Waals surface area contributed by atoms with Crippen molar-refractivity contribution in [3.05, 3.63) is 22.1 Å². The smallest absolute Gasteiger partial charge is 0.425 e. The lowest BCUT2D eigenvalue weighted by Crippen LogP contribution is -2.27. The van der Waals surface area contributed by atoms with E-state index in [4.69, 9.17) is 4.74 Å². The van der Waals surface area contributed by atoms with Crippen LogP contribution in [0.2, 0.25) is 0 Å². The van der Waals surface area contributed by atoms with Crippen molar-refractivity contribution < 1.29 is 14.5 Å². The van der Waals surface area contributed by atoms with Crippen LogP contribution in [0.15, 0.2) is 6.33 Å². The number of carbonyl (C=O) groups excluding carboxylic acids is 1. The molecule has 0 saturated heterocycles. The van der Waals surface area contributed by atoms with Gasteiger partial charge in [0, 0.05) is 0 Å². The number of nitrogens with zero attached hydrogens (tertiary/aromatic N) is 3. The third-order valence-corrected chi connectivity index (χ3v) is 1.68. The molecule has 88 valence electrons. The van der Waals surface area contributed by atoms with Gasteiger partial charge in [-0.3, -0.25) is 0 Å². The topological polar surface area (TPSA) is 87.3 Å². The van der Waals surface area contributed by atoms with Crippen molar-refractivity contribution in [1.29, 1.82) is 0 Å². The number of aromatic nitrogens is 2. The number of ether oxygens (including phenoxy) is 1. The van der Waals surface area contributed by atoms with E-state index in [-0.39, 0.29) is 11.5 Å². The molecule has 7 nitrogen and oxygen atoms in total. The molecule has 0 aliphatic carbocycles. The number of nitro groups is 1. The normalized spacial score (nSPS) is 11.2. The lowest BCUT2D eigenvalue weighted by atomic mass is 10.2. The molecule has 0 aliphatic heterocycles. The third-order valence-electron chi connectivity index (χ3n) is 1.68. The summed E-state index contributed by atoms with van der Waals surface area (Å²) in [6.07, 6.45) is 0.279. The van der Waals surface area contributed by atoms with Gasteiger partial charge < -0.3 is 14.9 Å². The molecule has 0 radical (unpaired) electrons. The maximum absolute atomic E-state index is 11.6. The predicted octanol–water partition coefficient (Wildman–Crippen LogP) is 1.88. The molecule has 1 rings (SSSR count). The van der Waals surface area contributed by atoms with Crippen LogP contribution >= 0.6 is 0 Å². The van der Waals surface area contributed by atoms with Crippen LogP contribution in [0.25, 0.3) is 0 Å². The number of hydrogen-bond donors (Lipinski definition) is 0. The summed E-state index contributed by atoms with van der Waals surface area (Å²) >= 11 is 0. The second-order valence-electron chi connectivity index (χ2n) is 4.26. The Morgan fingerprint density at radius 1 is 1.56 bits per heavy atom. The summed E-state index contributed by atoms with van der Waals surface area (Å²) in [5, 5.41) is 10.7. The highest BCUT2D eigenvalue weighted by Gasteiger charge is 2.28. The second-order valence-corrected chi connectivity index (χ2v) is 4.26. The zero-order chi connectivity index (χ0) is 12.5. The van der Waals surface area contributed by atoms with E-state index in [0.29, 0.717) is 0 Å². The molecular formula is C9H13N3O4. The quantitative estimate of drug-likeness (QED) is 0.540. The number of imidazole rings is 1. The standard InChI is InChI=1S/C9H13N3O4/c1-6-7(12(14)15)11(5-10-6)8(13)16-9(2,3)4/h5H,1-4H3. The fourth-order valence-corrected chi connectivity index (χ4v) is 1.10. The Labute approximate surface area is 92.2 Å². The molecule has 7 heteroatoms. The van der Waals surface area contributed by atoms with Crippen LogP contribution in [0.4, 0.5) is 10.6 Å². The van der Waals surface area contributed by atoms with Crippen molar-refractivity contribution in [3.63, 3.8) is 0 Å². The molecule has 0 bridgehead atoms. The van der Waals surface area contributed by atoms with Crippen LogP contribution in [-0.2, 0) is 4.74 Å². The second kappa shape index (κ2) is 3.92. The molecule has 0 amide bonds. The van der Waals surface area contributed by atoms with E-state index in [0.717, 1.165) is 10.9 Å². The van der Waals surface area contributed by atoms with E-state index in [1.54, 1.807) is 20.8 Å². The zero-order valence-corrected chi connectivity index (χ0v) is 9.55. The van der Waals surface area contributed by atoms with Crippen molar-refractivity contribution in [3.8, 4) is 0 Å². The van der Waals surface area contributed by atoms with E-state index in [1.807, 2.05) is 0 Å². The minimum atomic E-state index is -0.806. The summed E-state index contributed by atoms with van der Waals surface area (Å²) in [4.78, 5) is 25.4. The van der Waals surface area contributed by atoms with Crippen LogP contribution in [0.5, 0.6) is 0 Å². The van der Waals surface area contributed by atoms with Gasteiger partial charge in [-0.15, -0.1) is 4.57 Å². The van der Waals surface area contributed by atoms with Gasteiger partial charge >= 0.3 is 11.9 Å². The van der Waals surface area contributed by atoms with Crippen LogP contribution in [-0.4, -0.2) is 26.2 Å². The lowest BCUT2D eigenvalue weighted by Gasteiger charge is -2.17. The van der Waals surface area contributed by atoms with Gasteiger partial charge in [0.05, 0.1) is 0 Å². The Balaban J connectivity index is 3.05. The summed E-state index contributed by atoms with van der Waals surface area (Å²) in [6.45, 7) is 6.50. The lowest BCUT2D eigenvalue weighted by molar-refractivity contribution is -0.391. The van der Waals surface area contributed by atoms with Gasteiger partial charge in [0.2, 0.25) is 0 Å². The zero-order valence-electron chi connectivity index (χ0n) is 9.55. The van der Waals surface area contributed by atoms with Crippen LogP contribution < -0.4 is 0 Å². The SMILES string of the molecule is Cc1ncn(C(=O)OC(C)(C)C)c1[N+](=O)[O-]. The first-order valence-corrected chi connectivity index (χ1v) is 4.64. The monoisotopic (exact) mass is 227 g/mol. The van der Waals surface area contributed by atoms with Crippen molar-refractivity contribution in [2.45, 2.75) is 33.3 Å². The summed E-state index contributed by atoms with van der Waals surface area (Å²) in [7, 11) is 0. The molecule has 0 aromatic carbocycles. The first-order chi connectivity index (χ1) is 7.22. The first-order valence-electron chi connectivity index (χ1n) is 4.64. The van der Waals surface area contributed by atoms with Gasteiger partial charge in [0.25, 0.3) is 0 Å². The average molecular weight is 227 g/mol. The Hall–Kier alpha value is -1.92. The van der Waals surface area contributed by atoms with Crippen molar-refractivity contribution in [2.75, 3.05) is 0 Å². The van der Waals surface area contributed by atoms with E-state index in [9.17, 15) is 14.9 Å². The van der Waals surface area contributed by atoms with Crippen LogP contribution in [0.1, 0.15) is 26.5 Å². The summed E-state index contributed by atoms with van der Waals surface area (Å²) in [5.74, 6) is -0.366. The fourth-order valence-electron chi connectivity index (χ4n) is 1.10. The Morgan fingerprint density at radius 3 is 2.56 bits per heavy atom. The Morgan fingerprint density at radius 2 is 2.12 bits per heavy atom. The largest absolute Gasteiger partial charge is 0.513 e.